The molecule has 0 amide bonds. The first-order valence-corrected chi connectivity index (χ1v) is 8.94. The van der Waals surface area contributed by atoms with E-state index in [1.54, 1.807) is 14.2 Å². The van der Waals surface area contributed by atoms with Crippen LogP contribution in [-0.2, 0) is 6.54 Å². The molecule has 1 aliphatic rings. The van der Waals surface area contributed by atoms with E-state index in [-0.39, 0.29) is 0 Å². The molecule has 0 heterocycles. The molecule has 0 bridgehead atoms. The van der Waals surface area contributed by atoms with E-state index in [2.05, 4.69) is 67.7 Å². The lowest BCUT2D eigenvalue weighted by Crippen LogP contribution is -3.07. The maximum atomic E-state index is 5.46. The van der Waals surface area contributed by atoms with E-state index in [9.17, 15) is 0 Å². The largest absolute Gasteiger partial charge is 0.493 e. The average Bonchev–Trinajstić information content (AvgIpc) is 3.02. The van der Waals surface area contributed by atoms with E-state index in [0.717, 1.165) is 18.0 Å². The number of benzene rings is 3. The van der Waals surface area contributed by atoms with Crippen LogP contribution >= 0.6 is 0 Å². The zero-order valence-corrected chi connectivity index (χ0v) is 15.5. The molecule has 4 rings (SSSR count). The van der Waals surface area contributed by atoms with E-state index in [4.69, 9.17) is 9.47 Å². The standard InChI is InChI=1S/C23H23NO2/c1-24(15-16-12-13-21(25-2)22(14-16)26-3)23-19-10-6-4-8-17(19)18-9-5-7-11-20(18)23/h4-14,23H,15H2,1-3H3/p+1. The zero-order chi connectivity index (χ0) is 18.1. The summed E-state index contributed by atoms with van der Waals surface area (Å²) in [5.41, 5.74) is 6.78. The van der Waals surface area contributed by atoms with E-state index in [0.29, 0.717) is 6.04 Å². The Morgan fingerprint density at radius 1 is 0.769 bits per heavy atom. The van der Waals surface area contributed by atoms with Gasteiger partial charge >= 0.3 is 0 Å². The molecule has 0 fully saturated rings. The van der Waals surface area contributed by atoms with Crippen LogP contribution in [0.1, 0.15) is 22.7 Å². The van der Waals surface area contributed by atoms with Crippen molar-refractivity contribution in [2.45, 2.75) is 12.6 Å². The molecule has 0 spiro atoms. The molecule has 3 aromatic rings. The summed E-state index contributed by atoms with van der Waals surface area (Å²) in [5.74, 6) is 1.55. The lowest BCUT2D eigenvalue weighted by Gasteiger charge is -2.23. The topological polar surface area (TPSA) is 22.9 Å². The van der Waals surface area contributed by atoms with Crippen molar-refractivity contribution >= 4 is 0 Å². The summed E-state index contributed by atoms with van der Waals surface area (Å²) < 4.78 is 10.8. The van der Waals surface area contributed by atoms with Gasteiger partial charge in [-0.05, 0) is 29.3 Å². The second kappa shape index (κ2) is 6.85. The maximum Gasteiger partial charge on any atom is 0.161 e. The molecule has 0 radical (unpaired) electrons. The van der Waals surface area contributed by atoms with Crippen LogP contribution in [0.25, 0.3) is 11.1 Å². The van der Waals surface area contributed by atoms with E-state index >= 15 is 0 Å². The number of nitrogens with one attached hydrogen (secondary N) is 1. The summed E-state index contributed by atoms with van der Waals surface area (Å²) in [4.78, 5) is 1.44. The van der Waals surface area contributed by atoms with Gasteiger partial charge < -0.3 is 14.4 Å². The Morgan fingerprint density at radius 2 is 1.35 bits per heavy atom. The minimum atomic E-state index is 0.343. The molecular formula is C23H24NO2+. The summed E-state index contributed by atoms with van der Waals surface area (Å²) in [7, 11) is 5.61. The highest BCUT2D eigenvalue weighted by Gasteiger charge is 2.34. The molecule has 3 aromatic carbocycles. The number of rotatable bonds is 5. The molecule has 0 aromatic heterocycles. The Hall–Kier alpha value is -2.78. The predicted octanol–water partition coefficient (Wildman–Crippen LogP) is 3.49. The van der Waals surface area contributed by atoms with Crippen LogP contribution in [0.2, 0.25) is 0 Å². The first kappa shape index (κ1) is 16.7. The third-order valence-electron chi connectivity index (χ3n) is 5.26. The van der Waals surface area contributed by atoms with Crippen LogP contribution in [0, 0.1) is 0 Å². The van der Waals surface area contributed by atoms with Gasteiger partial charge in [0.2, 0.25) is 0 Å². The Balaban J connectivity index is 1.68. The summed E-state index contributed by atoms with van der Waals surface area (Å²) in [5, 5.41) is 0. The van der Waals surface area contributed by atoms with Gasteiger partial charge in [-0.25, -0.2) is 0 Å². The number of hydrogen-bond donors (Lipinski definition) is 1. The Kier molecular flexibility index (Phi) is 4.39. The van der Waals surface area contributed by atoms with E-state index in [1.165, 1.54) is 32.7 Å². The van der Waals surface area contributed by atoms with E-state index < -0.39 is 0 Å². The van der Waals surface area contributed by atoms with Gasteiger partial charge in [-0.2, -0.15) is 0 Å². The molecule has 1 aliphatic carbocycles. The van der Waals surface area contributed by atoms with Crippen LogP contribution in [-0.4, -0.2) is 21.3 Å². The van der Waals surface area contributed by atoms with Crippen LogP contribution < -0.4 is 14.4 Å². The smallest absolute Gasteiger partial charge is 0.161 e. The van der Waals surface area contributed by atoms with Crippen molar-refractivity contribution in [1.82, 2.24) is 0 Å². The molecule has 3 heteroatoms. The third kappa shape index (κ3) is 2.74. The second-order valence-electron chi connectivity index (χ2n) is 6.82. The van der Waals surface area contributed by atoms with Crippen molar-refractivity contribution in [1.29, 1.82) is 0 Å². The lowest BCUT2D eigenvalue weighted by molar-refractivity contribution is -0.919. The zero-order valence-electron chi connectivity index (χ0n) is 15.5. The third-order valence-corrected chi connectivity index (χ3v) is 5.26. The molecule has 1 atom stereocenters. The minimum absolute atomic E-state index is 0.343. The number of ether oxygens (including phenoxy) is 2. The van der Waals surface area contributed by atoms with Crippen molar-refractivity contribution in [3.8, 4) is 22.6 Å². The molecule has 132 valence electrons. The normalized spacial score (nSPS) is 13.8. The highest BCUT2D eigenvalue weighted by atomic mass is 16.5. The maximum absolute atomic E-state index is 5.46. The Morgan fingerprint density at radius 3 is 1.92 bits per heavy atom. The highest BCUT2D eigenvalue weighted by Crippen LogP contribution is 2.41. The lowest BCUT2D eigenvalue weighted by atomic mass is 10.0. The fraction of sp³-hybridized carbons (Fsp3) is 0.217. The van der Waals surface area contributed by atoms with Crippen molar-refractivity contribution < 1.29 is 14.4 Å². The second-order valence-corrected chi connectivity index (χ2v) is 6.82. The van der Waals surface area contributed by atoms with Gasteiger partial charge in [0.1, 0.15) is 12.6 Å². The van der Waals surface area contributed by atoms with Crippen LogP contribution in [0.15, 0.2) is 66.7 Å². The van der Waals surface area contributed by atoms with Gasteiger partial charge in [0.15, 0.2) is 11.5 Å². The molecule has 0 saturated carbocycles. The van der Waals surface area contributed by atoms with Crippen molar-refractivity contribution in [2.24, 2.45) is 0 Å². The molecule has 26 heavy (non-hydrogen) atoms. The van der Waals surface area contributed by atoms with Gasteiger partial charge in [-0.1, -0.05) is 48.5 Å². The first-order valence-electron chi connectivity index (χ1n) is 8.94. The van der Waals surface area contributed by atoms with Gasteiger partial charge in [0.25, 0.3) is 0 Å². The van der Waals surface area contributed by atoms with Crippen molar-refractivity contribution in [3.63, 3.8) is 0 Å². The van der Waals surface area contributed by atoms with E-state index in [1.807, 2.05) is 6.07 Å². The highest BCUT2D eigenvalue weighted by molar-refractivity contribution is 5.77. The van der Waals surface area contributed by atoms with Gasteiger partial charge in [-0.15, -0.1) is 0 Å². The minimum Gasteiger partial charge on any atom is -0.493 e. The SMILES string of the molecule is COc1ccc(C[NH+](C)C2c3ccccc3-c3ccccc32)cc1OC. The number of fused-ring (bicyclic) bond motifs is 3. The summed E-state index contributed by atoms with van der Waals surface area (Å²) in [6.45, 7) is 0.910. The summed E-state index contributed by atoms with van der Waals surface area (Å²) in [6, 6.07) is 24.1. The van der Waals surface area contributed by atoms with Crippen LogP contribution in [0.3, 0.4) is 0 Å². The molecule has 1 N–H and O–H groups in total. The Labute approximate surface area is 154 Å². The fourth-order valence-electron chi connectivity index (χ4n) is 4.10. The summed E-state index contributed by atoms with van der Waals surface area (Å²) in [6.07, 6.45) is 0. The van der Waals surface area contributed by atoms with Crippen molar-refractivity contribution in [3.05, 3.63) is 83.4 Å². The number of hydrogen-bond acceptors (Lipinski definition) is 2. The monoisotopic (exact) mass is 346 g/mol. The quantitative estimate of drug-likeness (QED) is 0.764. The molecule has 3 nitrogen and oxygen atoms in total. The fourth-order valence-corrected chi connectivity index (χ4v) is 4.10. The molecule has 0 saturated heterocycles. The molecule has 1 unspecified atom stereocenters. The number of quaternary nitrogens is 1. The average molecular weight is 346 g/mol. The van der Waals surface area contributed by atoms with Gasteiger partial charge in [-0.3, -0.25) is 0 Å². The number of methoxy groups -OCH3 is 2. The van der Waals surface area contributed by atoms with Crippen molar-refractivity contribution in [2.75, 3.05) is 21.3 Å². The molecule has 0 aliphatic heterocycles. The first-order chi connectivity index (χ1) is 12.7. The van der Waals surface area contributed by atoms with Crippen LogP contribution in [0.5, 0.6) is 11.5 Å². The predicted molar refractivity (Wildman–Crippen MR) is 104 cm³/mol. The van der Waals surface area contributed by atoms with Gasteiger partial charge in [0.05, 0.1) is 21.3 Å². The van der Waals surface area contributed by atoms with Crippen LogP contribution in [0.4, 0.5) is 0 Å². The Bertz CT molecular complexity index is 889. The van der Waals surface area contributed by atoms with Gasteiger partial charge in [0, 0.05) is 16.7 Å². The summed E-state index contributed by atoms with van der Waals surface area (Å²) >= 11 is 0. The molecular weight excluding hydrogens is 322 g/mol.